The van der Waals surface area contributed by atoms with Crippen molar-refractivity contribution in [1.29, 1.82) is 0 Å². The van der Waals surface area contributed by atoms with Crippen LogP contribution in [-0.2, 0) is 0 Å². The second-order valence-corrected chi connectivity index (χ2v) is 5.07. The molecule has 1 N–H and O–H groups in total. The molecule has 2 aromatic heterocycles. The lowest BCUT2D eigenvalue weighted by Crippen LogP contribution is -1.93. The van der Waals surface area contributed by atoms with Crippen molar-refractivity contribution < 1.29 is 0 Å². The summed E-state index contributed by atoms with van der Waals surface area (Å²) in [6, 6.07) is 21.9. The van der Waals surface area contributed by atoms with Crippen molar-refractivity contribution in [2.75, 3.05) is 0 Å². The first-order valence-electron chi connectivity index (χ1n) is 7.32. The average Bonchev–Trinajstić information content (AvgIpc) is 3.13. The lowest BCUT2D eigenvalue weighted by molar-refractivity contribution is 1.15. The molecule has 0 saturated carbocycles. The predicted molar refractivity (Wildman–Crippen MR) is 89.3 cm³/mol. The highest BCUT2D eigenvalue weighted by molar-refractivity contribution is 5.75. The lowest BCUT2D eigenvalue weighted by Gasteiger charge is -2.05. The minimum Gasteiger partial charge on any atom is -0.332 e. The van der Waals surface area contributed by atoms with Crippen molar-refractivity contribution in [3.8, 4) is 34.0 Å². The smallest absolute Gasteiger partial charge is 0.178 e. The summed E-state index contributed by atoms with van der Waals surface area (Å²) in [5, 5.41) is 0. The minimum absolute atomic E-state index is 0.610. The van der Waals surface area contributed by atoms with Gasteiger partial charge in [-0.15, -0.1) is 0 Å². The van der Waals surface area contributed by atoms with Gasteiger partial charge in [-0.1, -0.05) is 60.7 Å². The molecule has 2 aromatic carbocycles. The van der Waals surface area contributed by atoms with E-state index in [-0.39, 0.29) is 0 Å². The first kappa shape index (κ1) is 13.4. The highest BCUT2D eigenvalue weighted by atomic mass is 15.0. The Morgan fingerprint density at radius 2 is 1.48 bits per heavy atom. The van der Waals surface area contributed by atoms with Gasteiger partial charge in [0.1, 0.15) is 11.4 Å². The highest BCUT2D eigenvalue weighted by Crippen LogP contribution is 2.27. The number of nitrogens with zero attached hydrogens (tertiary/aromatic N) is 3. The molecule has 0 unspecified atom stereocenters. The van der Waals surface area contributed by atoms with Crippen LogP contribution in [0.2, 0.25) is 0 Å². The van der Waals surface area contributed by atoms with Crippen LogP contribution in [0.5, 0.6) is 0 Å². The average molecular weight is 297 g/mol. The third kappa shape index (κ3) is 2.62. The topological polar surface area (TPSA) is 54.5 Å². The molecule has 109 valence electrons. The van der Waals surface area contributed by atoms with E-state index in [1.54, 1.807) is 6.20 Å². The summed E-state index contributed by atoms with van der Waals surface area (Å²) in [4.78, 5) is 16.4. The Morgan fingerprint density at radius 1 is 0.783 bits per heavy atom. The zero-order chi connectivity index (χ0) is 15.5. The van der Waals surface area contributed by atoms with Crippen LogP contribution < -0.4 is 0 Å². The van der Waals surface area contributed by atoms with Crippen molar-refractivity contribution >= 4 is 0 Å². The molecule has 4 aromatic rings. The van der Waals surface area contributed by atoms with Crippen molar-refractivity contribution in [2.24, 2.45) is 0 Å². The minimum atomic E-state index is 0.610. The molecule has 0 fully saturated rings. The molecule has 0 aliphatic rings. The number of imidazole rings is 1. The first-order chi connectivity index (χ1) is 11.4. The van der Waals surface area contributed by atoms with Crippen molar-refractivity contribution in [1.82, 2.24) is 19.9 Å². The number of nitrogens with one attached hydrogen (secondary N) is 1. The van der Waals surface area contributed by atoms with E-state index in [1.165, 1.54) is 0 Å². The van der Waals surface area contributed by atoms with E-state index < -0.39 is 0 Å². The van der Waals surface area contributed by atoms with Crippen LogP contribution in [-0.4, -0.2) is 19.9 Å². The van der Waals surface area contributed by atoms with Gasteiger partial charge >= 0.3 is 0 Å². The van der Waals surface area contributed by atoms with Gasteiger partial charge in [0, 0.05) is 17.3 Å². The summed E-state index contributed by atoms with van der Waals surface area (Å²) in [6.07, 6.45) is 4.56. The first-order valence-corrected chi connectivity index (χ1v) is 7.32. The van der Waals surface area contributed by atoms with Gasteiger partial charge in [0.15, 0.2) is 12.2 Å². The molecule has 0 saturated heterocycles. The fourth-order valence-electron chi connectivity index (χ4n) is 2.47. The Morgan fingerprint density at radius 3 is 2.22 bits per heavy atom. The summed E-state index contributed by atoms with van der Waals surface area (Å²) in [5.74, 6) is 0.610. The monoisotopic (exact) mass is 297 g/mol. The summed E-state index contributed by atoms with van der Waals surface area (Å²) in [5.41, 5.74) is 4.52. The quantitative estimate of drug-likeness (QED) is 0.622. The number of hydrogen-bond acceptors (Lipinski definition) is 3. The molecular weight excluding hydrogens is 284 g/mol. The highest BCUT2D eigenvalue weighted by Gasteiger charge is 2.13. The summed E-state index contributed by atoms with van der Waals surface area (Å²) < 4.78 is 0. The van der Waals surface area contributed by atoms with Gasteiger partial charge in [-0.3, -0.25) is 0 Å². The van der Waals surface area contributed by atoms with E-state index in [4.69, 9.17) is 0 Å². The van der Waals surface area contributed by atoms with E-state index >= 15 is 0 Å². The third-order valence-electron chi connectivity index (χ3n) is 3.58. The second-order valence-electron chi connectivity index (χ2n) is 5.07. The lowest BCUT2D eigenvalue weighted by atomic mass is 10.1. The number of aromatic amines is 1. The van der Waals surface area contributed by atoms with E-state index in [0.717, 1.165) is 28.2 Å². The van der Waals surface area contributed by atoms with E-state index in [2.05, 4.69) is 26.3 Å². The Bertz CT molecular complexity index is 914. The Labute approximate surface area is 133 Å². The number of H-pyrrole nitrogens is 1. The maximum absolute atomic E-state index is 4.67. The molecule has 4 nitrogen and oxygen atoms in total. The third-order valence-corrected chi connectivity index (χ3v) is 3.58. The number of hydrogen-bond donors (Lipinski definition) is 1. The maximum atomic E-state index is 4.67. The van der Waals surface area contributed by atoms with Gasteiger partial charge in [0.25, 0.3) is 0 Å². The van der Waals surface area contributed by atoms with Crippen LogP contribution in [0.3, 0.4) is 0 Å². The molecule has 0 aliphatic heterocycles. The van der Waals surface area contributed by atoms with Crippen molar-refractivity contribution in [2.45, 2.75) is 0 Å². The second kappa shape index (κ2) is 5.85. The van der Waals surface area contributed by atoms with Gasteiger partial charge in [0.2, 0.25) is 0 Å². The molecular formula is C19H13N4. The zero-order valence-electron chi connectivity index (χ0n) is 12.3. The van der Waals surface area contributed by atoms with E-state index in [1.807, 2.05) is 66.7 Å². The van der Waals surface area contributed by atoms with Gasteiger partial charge < -0.3 is 4.98 Å². The predicted octanol–water partition coefficient (Wildman–Crippen LogP) is 4.00. The van der Waals surface area contributed by atoms with Gasteiger partial charge in [-0.2, -0.15) is 0 Å². The number of benzene rings is 2. The fourth-order valence-corrected chi connectivity index (χ4v) is 2.47. The van der Waals surface area contributed by atoms with Gasteiger partial charge in [0.05, 0.1) is 5.69 Å². The molecule has 4 heteroatoms. The Hall–Kier alpha value is -3.27. The van der Waals surface area contributed by atoms with Crippen LogP contribution in [0.25, 0.3) is 34.0 Å². The number of aromatic nitrogens is 4. The van der Waals surface area contributed by atoms with E-state index in [9.17, 15) is 0 Å². The summed E-state index contributed by atoms with van der Waals surface area (Å²) >= 11 is 0. The van der Waals surface area contributed by atoms with Gasteiger partial charge in [-0.05, 0) is 6.07 Å². The maximum Gasteiger partial charge on any atom is 0.178 e. The van der Waals surface area contributed by atoms with E-state index in [0.29, 0.717) is 5.82 Å². The van der Waals surface area contributed by atoms with Crippen LogP contribution in [0.1, 0.15) is 0 Å². The Balaban J connectivity index is 1.80. The molecule has 1 radical (unpaired) electrons. The summed E-state index contributed by atoms with van der Waals surface area (Å²) in [6.45, 7) is 0. The number of rotatable bonds is 3. The van der Waals surface area contributed by atoms with Crippen molar-refractivity contribution in [3.63, 3.8) is 0 Å². The van der Waals surface area contributed by atoms with Crippen LogP contribution in [0.15, 0.2) is 72.9 Å². The SMILES string of the molecule is [c]1nc(-c2ccccc2)c(-c2nccc(-c3ccccc3)n2)[nH]1. The zero-order valence-corrected chi connectivity index (χ0v) is 12.3. The molecule has 4 rings (SSSR count). The standard InChI is InChI=1S/C19H13N4/c1-3-7-14(8-4-1)16-11-12-20-19(23-16)18-17(21-13-22-18)15-9-5-2-6-10-15/h1-12H,(H,21,22). The normalized spacial score (nSPS) is 10.6. The molecule has 0 spiro atoms. The molecule has 0 amide bonds. The van der Waals surface area contributed by atoms with Crippen molar-refractivity contribution in [3.05, 3.63) is 79.3 Å². The van der Waals surface area contributed by atoms with Crippen LogP contribution in [0.4, 0.5) is 0 Å². The summed E-state index contributed by atoms with van der Waals surface area (Å²) in [7, 11) is 0. The molecule has 0 aliphatic carbocycles. The Kier molecular flexibility index (Phi) is 3.41. The molecule has 2 heterocycles. The van der Waals surface area contributed by atoms with Gasteiger partial charge in [-0.25, -0.2) is 15.0 Å². The fraction of sp³-hybridized carbons (Fsp3) is 0. The van der Waals surface area contributed by atoms with Crippen LogP contribution in [0, 0.1) is 6.33 Å². The molecule has 0 bridgehead atoms. The molecule has 23 heavy (non-hydrogen) atoms. The molecule has 0 atom stereocenters. The van der Waals surface area contributed by atoms with Crippen LogP contribution >= 0.6 is 0 Å². The largest absolute Gasteiger partial charge is 0.332 e.